The fourth-order valence-corrected chi connectivity index (χ4v) is 3.39. The van der Waals surface area contributed by atoms with E-state index < -0.39 is 41.3 Å². The number of aliphatic hydroxyl groups is 1. The van der Waals surface area contributed by atoms with Crippen LogP contribution in [0.1, 0.15) is 45.0 Å². The Labute approximate surface area is 148 Å². The normalized spacial score (nSPS) is 33.9. The lowest BCUT2D eigenvalue weighted by atomic mass is 9.73. The van der Waals surface area contributed by atoms with E-state index in [9.17, 15) is 9.90 Å². The first-order valence-electron chi connectivity index (χ1n) is 8.49. The second-order valence-corrected chi connectivity index (χ2v) is 8.11. The van der Waals surface area contributed by atoms with Gasteiger partial charge >= 0.3 is 5.97 Å². The number of rotatable bonds is 3. The van der Waals surface area contributed by atoms with Crippen LogP contribution < -0.4 is 0 Å². The zero-order valence-electron chi connectivity index (χ0n) is 15.3. The van der Waals surface area contributed by atoms with Gasteiger partial charge in [-0.1, -0.05) is 39.0 Å². The number of carbonyl (C=O) groups excluding carboxylic acids is 1. The summed E-state index contributed by atoms with van der Waals surface area (Å²) in [6, 6.07) is 8.73. The predicted octanol–water partition coefficient (Wildman–Crippen LogP) is 2.50. The molecular weight excluding hydrogens is 324 g/mol. The molecule has 0 amide bonds. The summed E-state index contributed by atoms with van der Waals surface area (Å²) in [5, 5.41) is 10.9. The molecular formula is C19H26O6. The summed E-state index contributed by atoms with van der Waals surface area (Å²) >= 11 is 0. The van der Waals surface area contributed by atoms with Crippen LogP contribution in [-0.2, 0) is 18.9 Å². The van der Waals surface area contributed by atoms with Gasteiger partial charge in [0.05, 0.1) is 5.56 Å². The van der Waals surface area contributed by atoms with Gasteiger partial charge in [-0.3, -0.25) is 0 Å². The minimum Gasteiger partial charge on any atom is -0.459 e. The molecule has 3 rings (SSSR count). The van der Waals surface area contributed by atoms with E-state index in [1.165, 1.54) is 0 Å². The highest BCUT2D eigenvalue weighted by Gasteiger charge is 2.66. The Balaban J connectivity index is 1.79. The number of esters is 1. The Morgan fingerprint density at radius 1 is 1.16 bits per heavy atom. The van der Waals surface area contributed by atoms with Gasteiger partial charge in [-0.15, -0.1) is 0 Å². The van der Waals surface area contributed by atoms with Gasteiger partial charge < -0.3 is 24.1 Å². The molecule has 0 aromatic heterocycles. The molecule has 2 saturated heterocycles. The number of benzene rings is 1. The molecule has 0 spiro atoms. The minimum absolute atomic E-state index is 0.0917. The highest BCUT2D eigenvalue weighted by atomic mass is 16.8. The lowest BCUT2D eigenvalue weighted by molar-refractivity contribution is -0.267. The topological polar surface area (TPSA) is 74.2 Å². The number of carbonyl (C=O) groups is 1. The lowest BCUT2D eigenvalue weighted by Crippen LogP contribution is -2.57. The highest BCUT2D eigenvalue weighted by Crippen LogP contribution is 2.49. The van der Waals surface area contributed by atoms with Crippen molar-refractivity contribution < 1.29 is 28.8 Å². The van der Waals surface area contributed by atoms with Crippen molar-refractivity contribution in [2.24, 2.45) is 5.41 Å². The maximum atomic E-state index is 12.3. The van der Waals surface area contributed by atoms with Crippen LogP contribution in [0.2, 0.25) is 0 Å². The van der Waals surface area contributed by atoms with Crippen LogP contribution in [0.25, 0.3) is 0 Å². The van der Waals surface area contributed by atoms with Gasteiger partial charge in [0.15, 0.2) is 12.1 Å². The monoisotopic (exact) mass is 350 g/mol. The smallest absolute Gasteiger partial charge is 0.338 e. The molecule has 2 heterocycles. The summed E-state index contributed by atoms with van der Waals surface area (Å²) in [6.45, 7) is 9.24. The molecule has 0 saturated carbocycles. The zero-order valence-corrected chi connectivity index (χ0v) is 15.3. The van der Waals surface area contributed by atoms with Crippen LogP contribution in [-0.4, -0.2) is 47.6 Å². The summed E-state index contributed by atoms with van der Waals surface area (Å²) in [6.07, 6.45) is -2.30. The van der Waals surface area contributed by atoms with Crippen LogP contribution in [0.5, 0.6) is 0 Å². The van der Waals surface area contributed by atoms with Crippen molar-refractivity contribution in [3.8, 4) is 0 Å². The maximum Gasteiger partial charge on any atom is 0.338 e. The molecule has 1 aromatic carbocycles. The molecule has 2 fully saturated rings. The quantitative estimate of drug-likeness (QED) is 0.845. The number of ether oxygens (including phenoxy) is 4. The molecule has 6 nitrogen and oxygen atoms in total. The van der Waals surface area contributed by atoms with Crippen molar-refractivity contribution in [3.05, 3.63) is 35.9 Å². The highest BCUT2D eigenvalue weighted by molar-refractivity contribution is 5.89. The van der Waals surface area contributed by atoms with Crippen LogP contribution >= 0.6 is 0 Å². The van der Waals surface area contributed by atoms with Gasteiger partial charge in [-0.25, -0.2) is 4.79 Å². The third-order valence-corrected chi connectivity index (χ3v) is 4.90. The Kier molecular flexibility index (Phi) is 4.44. The van der Waals surface area contributed by atoms with E-state index in [2.05, 4.69) is 0 Å². The Morgan fingerprint density at radius 3 is 2.36 bits per heavy atom. The summed E-state index contributed by atoms with van der Waals surface area (Å²) < 4.78 is 23.1. The third kappa shape index (κ3) is 3.19. The van der Waals surface area contributed by atoms with Gasteiger partial charge in [0.2, 0.25) is 0 Å². The SMILES string of the molecule is CC1(C)OC2OC(COC(=O)c3ccccc3)(C(C)(C)C)C(O)C2O1. The second kappa shape index (κ2) is 6.06. The number of hydrogen-bond donors (Lipinski definition) is 1. The Morgan fingerprint density at radius 2 is 1.80 bits per heavy atom. The van der Waals surface area contributed by atoms with Crippen LogP contribution in [0.15, 0.2) is 30.3 Å². The van der Waals surface area contributed by atoms with E-state index in [1.807, 2.05) is 26.8 Å². The first-order chi connectivity index (χ1) is 11.6. The molecule has 2 aliphatic heterocycles. The van der Waals surface area contributed by atoms with Gasteiger partial charge in [0, 0.05) is 0 Å². The lowest BCUT2D eigenvalue weighted by Gasteiger charge is -2.43. The molecule has 4 atom stereocenters. The average molecular weight is 350 g/mol. The van der Waals surface area contributed by atoms with Crippen molar-refractivity contribution in [1.29, 1.82) is 0 Å². The predicted molar refractivity (Wildman–Crippen MR) is 89.8 cm³/mol. The van der Waals surface area contributed by atoms with Crippen LogP contribution in [0, 0.1) is 5.41 Å². The van der Waals surface area contributed by atoms with E-state index in [1.54, 1.807) is 38.1 Å². The van der Waals surface area contributed by atoms with Crippen molar-refractivity contribution in [3.63, 3.8) is 0 Å². The van der Waals surface area contributed by atoms with Crippen molar-refractivity contribution in [2.75, 3.05) is 6.61 Å². The van der Waals surface area contributed by atoms with E-state index >= 15 is 0 Å². The van der Waals surface area contributed by atoms with E-state index in [0.717, 1.165) is 0 Å². The first-order valence-corrected chi connectivity index (χ1v) is 8.49. The third-order valence-electron chi connectivity index (χ3n) is 4.90. The largest absolute Gasteiger partial charge is 0.459 e. The summed E-state index contributed by atoms with van der Waals surface area (Å²) in [4.78, 5) is 12.3. The summed E-state index contributed by atoms with van der Waals surface area (Å²) in [7, 11) is 0. The number of aliphatic hydroxyl groups excluding tert-OH is 1. The fourth-order valence-electron chi connectivity index (χ4n) is 3.39. The first kappa shape index (κ1) is 18.3. The summed E-state index contributed by atoms with van der Waals surface area (Å²) in [5.74, 6) is -1.28. The molecule has 138 valence electrons. The van der Waals surface area contributed by atoms with Gasteiger partial charge in [-0.2, -0.15) is 0 Å². The molecule has 0 bridgehead atoms. The van der Waals surface area contributed by atoms with Crippen molar-refractivity contribution in [2.45, 2.75) is 64.5 Å². The van der Waals surface area contributed by atoms with Gasteiger partial charge in [-0.05, 0) is 31.4 Å². The summed E-state index contributed by atoms with van der Waals surface area (Å²) in [5.41, 5.74) is -1.18. The number of fused-ring (bicyclic) bond motifs is 1. The fraction of sp³-hybridized carbons (Fsp3) is 0.632. The van der Waals surface area contributed by atoms with E-state index in [-0.39, 0.29) is 6.61 Å². The molecule has 25 heavy (non-hydrogen) atoms. The van der Waals surface area contributed by atoms with Gasteiger partial charge in [0.1, 0.15) is 24.4 Å². The van der Waals surface area contributed by atoms with Gasteiger partial charge in [0.25, 0.3) is 0 Å². The zero-order chi connectivity index (χ0) is 18.5. The van der Waals surface area contributed by atoms with Crippen molar-refractivity contribution in [1.82, 2.24) is 0 Å². The Hall–Kier alpha value is -1.47. The second-order valence-electron chi connectivity index (χ2n) is 8.11. The molecule has 2 aliphatic rings. The van der Waals surface area contributed by atoms with E-state index in [4.69, 9.17) is 18.9 Å². The van der Waals surface area contributed by atoms with Crippen molar-refractivity contribution >= 4 is 5.97 Å². The average Bonchev–Trinajstić information content (AvgIpc) is 2.96. The van der Waals surface area contributed by atoms with E-state index in [0.29, 0.717) is 5.56 Å². The standard InChI is InChI=1S/C19H26O6/c1-17(2,3)19(11-22-15(21)12-9-7-6-8-10-12)14(20)13-16(25-19)24-18(4,5)23-13/h6-10,13-14,16,20H,11H2,1-5H3. The molecule has 0 aliphatic carbocycles. The molecule has 6 heteroatoms. The Bertz CT molecular complexity index is 635. The molecule has 4 unspecified atom stereocenters. The molecule has 1 aromatic rings. The van der Waals surface area contributed by atoms with Crippen LogP contribution in [0.3, 0.4) is 0 Å². The molecule has 0 radical (unpaired) electrons. The van der Waals surface area contributed by atoms with Crippen LogP contribution in [0.4, 0.5) is 0 Å². The molecule has 1 N–H and O–H groups in total. The number of hydrogen-bond acceptors (Lipinski definition) is 6. The minimum atomic E-state index is -1.12. The maximum absolute atomic E-state index is 12.3.